The van der Waals surface area contributed by atoms with Gasteiger partial charge >= 0.3 is 0 Å². The Morgan fingerprint density at radius 2 is 2.16 bits per heavy atom. The summed E-state index contributed by atoms with van der Waals surface area (Å²) in [6, 6.07) is 11.1. The monoisotopic (exact) mass is 258 g/mol. The Morgan fingerprint density at radius 1 is 1.37 bits per heavy atom. The summed E-state index contributed by atoms with van der Waals surface area (Å²) in [6.45, 7) is 2.36. The molecule has 0 bridgehead atoms. The molecule has 2 N–H and O–H groups in total. The van der Waals surface area contributed by atoms with Crippen molar-refractivity contribution in [3.8, 4) is 0 Å². The molecule has 0 spiro atoms. The lowest BCUT2D eigenvalue weighted by Gasteiger charge is -2.20. The van der Waals surface area contributed by atoms with Gasteiger partial charge in [0, 0.05) is 12.7 Å². The zero-order chi connectivity index (χ0) is 13.8. The lowest BCUT2D eigenvalue weighted by Crippen LogP contribution is -2.30. The van der Waals surface area contributed by atoms with E-state index >= 15 is 0 Å². The molecule has 2 aromatic rings. The molecule has 1 amide bonds. The molecule has 1 heterocycles. The summed E-state index contributed by atoms with van der Waals surface area (Å²) in [5, 5.41) is 0. The summed E-state index contributed by atoms with van der Waals surface area (Å²) in [5.74, 6) is 0.598. The summed E-state index contributed by atoms with van der Waals surface area (Å²) < 4.78 is 5.24. The number of benzene rings is 1. The number of nitrogens with two attached hydrogens (primary N) is 1. The Balaban J connectivity index is 2.06. The van der Waals surface area contributed by atoms with Crippen LogP contribution in [0.5, 0.6) is 0 Å². The fourth-order valence-corrected chi connectivity index (χ4v) is 2.02. The van der Waals surface area contributed by atoms with E-state index in [9.17, 15) is 4.79 Å². The van der Waals surface area contributed by atoms with Gasteiger partial charge in [0.2, 0.25) is 5.91 Å². The molecule has 0 fully saturated rings. The van der Waals surface area contributed by atoms with Crippen LogP contribution in [0.4, 0.5) is 5.69 Å². The molecule has 19 heavy (non-hydrogen) atoms. The van der Waals surface area contributed by atoms with Gasteiger partial charge in [-0.1, -0.05) is 12.1 Å². The van der Waals surface area contributed by atoms with E-state index in [0.29, 0.717) is 12.2 Å². The molecule has 0 saturated heterocycles. The number of amides is 1. The molecule has 1 unspecified atom stereocenters. The van der Waals surface area contributed by atoms with E-state index in [-0.39, 0.29) is 11.8 Å². The second-order valence-electron chi connectivity index (χ2n) is 4.67. The van der Waals surface area contributed by atoms with Crippen LogP contribution in [0.25, 0.3) is 0 Å². The normalized spacial score (nSPS) is 12.1. The van der Waals surface area contributed by atoms with Crippen molar-refractivity contribution in [2.24, 2.45) is 0 Å². The van der Waals surface area contributed by atoms with E-state index in [1.54, 1.807) is 18.2 Å². The zero-order valence-electron chi connectivity index (χ0n) is 11.2. The summed E-state index contributed by atoms with van der Waals surface area (Å²) in [7, 11) is 1.77. The minimum Gasteiger partial charge on any atom is -0.467 e. The third-order valence-corrected chi connectivity index (χ3v) is 3.13. The fraction of sp³-hybridized carbons (Fsp3) is 0.267. The second kappa shape index (κ2) is 5.61. The first-order valence-electron chi connectivity index (χ1n) is 6.20. The highest BCUT2D eigenvalue weighted by Crippen LogP contribution is 2.20. The topological polar surface area (TPSA) is 59.5 Å². The van der Waals surface area contributed by atoms with E-state index in [1.807, 2.05) is 43.3 Å². The van der Waals surface area contributed by atoms with Crippen LogP contribution in [0.2, 0.25) is 0 Å². The van der Waals surface area contributed by atoms with Gasteiger partial charge < -0.3 is 15.1 Å². The van der Waals surface area contributed by atoms with Crippen LogP contribution < -0.4 is 5.73 Å². The fourth-order valence-electron chi connectivity index (χ4n) is 2.02. The van der Waals surface area contributed by atoms with Gasteiger partial charge in [0.25, 0.3) is 0 Å². The van der Waals surface area contributed by atoms with Crippen LogP contribution in [0.1, 0.15) is 24.2 Å². The number of hydrogen-bond donors (Lipinski definition) is 1. The predicted molar refractivity (Wildman–Crippen MR) is 74.5 cm³/mol. The number of carbonyl (C=O) groups excluding carboxylic acids is 1. The van der Waals surface area contributed by atoms with Gasteiger partial charge in [-0.2, -0.15) is 0 Å². The predicted octanol–water partition coefficient (Wildman–Crippen LogP) is 2.62. The third kappa shape index (κ3) is 3.16. The first-order valence-corrected chi connectivity index (χ1v) is 6.20. The summed E-state index contributed by atoms with van der Waals surface area (Å²) in [4.78, 5) is 14.0. The van der Waals surface area contributed by atoms with Gasteiger partial charge in [-0.15, -0.1) is 0 Å². The van der Waals surface area contributed by atoms with Crippen molar-refractivity contribution in [1.29, 1.82) is 0 Å². The largest absolute Gasteiger partial charge is 0.467 e. The summed E-state index contributed by atoms with van der Waals surface area (Å²) >= 11 is 0. The molecule has 4 heteroatoms. The lowest BCUT2D eigenvalue weighted by molar-refractivity contribution is -0.131. The van der Waals surface area contributed by atoms with E-state index in [2.05, 4.69) is 0 Å². The SMILES string of the molecule is CC(C(=O)N(C)Cc1ccco1)c1cccc(N)c1. The first-order chi connectivity index (χ1) is 9.08. The maximum Gasteiger partial charge on any atom is 0.229 e. The lowest BCUT2D eigenvalue weighted by atomic mass is 9.99. The maximum atomic E-state index is 12.3. The molecule has 0 saturated carbocycles. The number of anilines is 1. The van der Waals surface area contributed by atoms with E-state index < -0.39 is 0 Å². The standard InChI is InChI=1S/C15H18N2O2/c1-11(12-5-3-6-13(16)9-12)15(18)17(2)10-14-7-4-8-19-14/h3-9,11H,10,16H2,1-2H3. The van der Waals surface area contributed by atoms with Crippen LogP contribution in [0, 0.1) is 0 Å². The van der Waals surface area contributed by atoms with Gasteiger partial charge in [-0.25, -0.2) is 0 Å². The number of hydrogen-bond acceptors (Lipinski definition) is 3. The highest BCUT2D eigenvalue weighted by atomic mass is 16.3. The van der Waals surface area contributed by atoms with Crippen LogP contribution >= 0.6 is 0 Å². The number of carbonyl (C=O) groups is 1. The van der Waals surface area contributed by atoms with Crippen LogP contribution in [-0.4, -0.2) is 17.9 Å². The number of furan rings is 1. The summed E-state index contributed by atoms with van der Waals surface area (Å²) in [5.41, 5.74) is 7.34. The van der Waals surface area contributed by atoms with Gasteiger partial charge in [0.15, 0.2) is 0 Å². The smallest absolute Gasteiger partial charge is 0.229 e. The molecule has 2 rings (SSSR count). The van der Waals surface area contributed by atoms with Crippen molar-refractivity contribution in [1.82, 2.24) is 4.90 Å². The Labute approximate surface area is 112 Å². The minimum atomic E-state index is -0.219. The Hall–Kier alpha value is -2.23. The molecular formula is C15H18N2O2. The Bertz CT molecular complexity index is 549. The van der Waals surface area contributed by atoms with Gasteiger partial charge in [0.1, 0.15) is 5.76 Å². The molecule has 4 nitrogen and oxygen atoms in total. The molecular weight excluding hydrogens is 240 g/mol. The molecule has 0 aliphatic carbocycles. The molecule has 0 aliphatic rings. The van der Waals surface area contributed by atoms with Gasteiger partial charge in [-0.05, 0) is 36.8 Å². The third-order valence-electron chi connectivity index (χ3n) is 3.13. The number of nitrogens with zero attached hydrogens (tertiary/aromatic N) is 1. The van der Waals surface area contributed by atoms with Crippen molar-refractivity contribution in [2.75, 3.05) is 12.8 Å². The minimum absolute atomic E-state index is 0.0435. The van der Waals surface area contributed by atoms with Crippen molar-refractivity contribution in [3.63, 3.8) is 0 Å². The first kappa shape index (κ1) is 13.2. The van der Waals surface area contributed by atoms with Crippen LogP contribution in [0.3, 0.4) is 0 Å². The molecule has 100 valence electrons. The van der Waals surface area contributed by atoms with E-state index in [4.69, 9.17) is 10.2 Å². The molecule has 1 aromatic carbocycles. The van der Waals surface area contributed by atoms with E-state index in [1.165, 1.54) is 0 Å². The van der Waals surface area contributed by atoms with Crippen molar-refractivity contribution in [2.45, 2.75) is 19.4 Å². The highest BCUT2D eigenvalue weighted by molar-refractivity contribution is 5.83. The number of nitrogen functional groups attached to an aromatic ring is 1. The average Bonchev–Trinajstić information content (AvgIpc) is 2.89. The zero-order valence-corrected chi connectivity index (χ0v) is 11.2. The average molecular weight is 258 g/mol. The second-order valence-corrected chi connectivity index (χ2v) is 4.67. The molecule has 0 radical (unpaired) electrons. The summed E-state index contributed by atoms with van der Waals surface area (Å²) in [6.07, 6.45) is 1.61. The molecule has 1 atom stereocenters. The quantitative estimate of drug-likeness (QED) is 0.858. The number of rotatable bonds is 4. The maximum absolute atomic E-state index is 12.3. The van der Waals surface area contributed by atoms with E-state index in [0.717, 1.165) is 11.3 Å². The van der Waals surface area contributed by atoms with Crippen molar-refractivity contribution in [3.05, 3.63) is 54.0 Å². The highest BCUT2D eigenvalue weighted by Gasteiger charge is 2.20. The molecule has 0 aliphatic heterocycles. The van der Waals surface area contributed by atoms with Gasteiger partial charge in [0.05, 0.1) is 18.7 Å². The Morgan fingerprint density at radius 3 is 2.79 bits per heavy atom. The Kier molecular flexibility index (Phi) is 3.90. The van der Waals surface area contributed by atoms with Gasteiger partial charge in [-0.3, -0.25) is 4.79 Å². The van der Waals surface area contributed by atoms with Crippen molar-refractivity contribution >= 4 is 11.6 Å². The number of likely N-dealkylation sites (N-methyl/N-ethyl adjacent to an activating group) is 1. The van der Waals surface area contributed by atoms with Crippen LogP contribution in [0.15, 0.2) is 47.1 Å². The van der Waals surface area contributed by atoms with Crippen molar-refractivity contribution < 1.29 is 9.21 Å². The van der Waals surface area contributed by atoms with Crippen LogP contribution in [-0.2, 0) is 11.3 Å². The molecule has 1 aromatic heterocycles.